The summed E-state index contributed by atoms with van der Waals surface area (Å²) in [5.41, 5.74) is 2.25. The number of carbonyl (C=O) groups excluding carboxylic acids is 1. The first kappa shape index (κ1) is 18.3. The van der Waals surface area contributed by atoms with E-state index in [-0.39, 0.29) is 11.7 Å². The molecule has 0 saturated carbocycles. The first-order valence-corrected chi connectivity index (χ1v) is 9.36. The van der Waals surface area contributed by atoms with Gasteiger partial charge < -0.3 is 15.4 Å². The molecular weight excluding hydrogens is 374 g/mol. The van der Waals surface area contributed by atoms with Crippen molar-refractivity contribution < 1.29 is 14.5 Å². The smallest absolute Gasteiger partial charge is 0.341 e. The largest absolute Gasteiger partial charge is 0.462 e. The molecule has 9 heteroatoms. The summed E-state index contributed by atoms with van der Waals surface area (Å²) in [6.07, 6.45) is 2.86. The molecule has 1 aromatic carbocycles. The monoisotopic (exact) mass is 391 g/mol. The van der Waals surface area contributed by atoms with Gasteiger partial charge in [-0.05, 0) is 56.1 Å². The number of non-ortho nitro benzene ring substituents is 1. The summed E-state index contributed by atoms with van der Waals surface area (Å²) >= 11 is 6.84. The molecule has 0 radical (unpaired) electrons. The summed E-state index contributed by atoms with van der Waals surface area (Å²) in [7, 11) is 0. The summed E-state index contributed by atoms with van der Waals surface area (Å²) in [5, 5.41) is 17.7. The van der Waals surface area contributed by atoms with Crippen molar-refractivity contribution in [3.8, 4) is 0 Å². The Balaban J connectivity index is 1.75. The molecule has 7 nitrogen and oxygen atoms in total. The Bertz CT molecular complexity index is 862. The number of carbonyl (C=O) groups is 1. The number of hydrogen-bond acceptors (Lipinski definition) is 6. The SMILES string of the molecule is CCOC(=O)c1c(NC(=S)Nc2ccc([N+](=O)[O-])cc2)sc2c1CCC2. The average molecular weight is 391 g/mol. The first-order chi connectivity index (χ1) is 12.5. The molecule has 0 spiro atoms. The van der Waals surface area contributed by atoms with Gasteiger partial charge in [0.25, 0.3) is 5.69 Å². The normalized spacial score (nSPS) is 12.3. The zero-order valence-electron chi connectivity index (χ0n) is 14.0. The number of aryl methyl sites for hydroxylation is 1. The maximum atomic E-state index is 12.3. The molecule has 1 aromatic heterocycles. The molecule has 1 aliphatic carbocycles. The highest BCUT2D eigenvalue weighted by Gasteiger charge is 2.27. The molecule has 0 bridgehead atoms. The third-order valence-corrected chi connectivity index (χ3v) is 5.38. The van der Waals surface area contributed by atoms with E-state index in [1.165, 1.54) is 28.3 Å². The fraction of sp³-hybridized carbons (Fsp3) is 0.294. The van der Waals surface area contributed by atoms with Crippen molar-refractivity contribution in [2.75, 3.05) is 17.2 Å². The van der Waals surface area contributed by atoms with Crippen LogP contribution in [0.3, 0.4) is 0 Å². The molecule has 3 rings (SSSR count). The van der Waals surface area contributed by atoms with Crippen LogP contribution in [-0.4, -0.2) is 22.6 Å². The van der Waals surface area contributed by atoms with Crippen LogP contribution in [0.5, 0.6) is 0 Å². The lowest BCUT2D eigenvalue weighted by atomic mass is 10.1. The first-order valence-electron chi connectivity index (χ1n) is 8.13. The second-order valence-corrected chi connectivity index (χ2v) is 7.18. The highest BCUT2D eigenvalue weighted by Crippen LogP contribution is 2.39. The molecule has 0 atom stereocenters. The van der Waals surface area contributed by atoms with Crippen molar-refractivity contribution in [3.05, 3.63) is 50.4 Å². The molecule has 2 aromatic rings. The molecule has 1 heterocycles. The van der Waals surface area contributed by atoms with Crippen LogP contribution in [0.15, 0.2) is 24.3 Å². The third kappa shape index (κ3) is 3.83. The van der Waals surface area contributed by atoms with E-state index >= 15 is 0 Å². The van der Waals surface area contributed by atoms with Gasteiger partial charge in [0.1, 0.15) is 5.00 Å². The molecule has 2 N–H and O–H groups in total. The number of nitrogens with zero attached hydrogens (tertiary/aromatic N) is 1. The van der Waals surface area contributed by atoms with Crippen molar-refractivity contribution in [1.29, 1.82) is 0 Å². The molecule has 0 unspecified atom stereocenters. The molecule has 26 heavy (non-hydrogen) atoms. The summed E-state index contributed by atoms with van der Waals surface area (Å²) in [5.74, 6) is -0.340. The predicted molar refractivity (Wildman–Crippen MR) is 105 cm³/mol. The molecule has 0 amide bonds. The maximum Gasteiger partial charge on any atom is 0.341 e. The van der Waals surface area contributed by atoms with E-state index < -0.39 is 4.92 Å². The van der Waals surface area contributed by atoms with Gasteiger partial charge in [-0.25, -0.2) is 4.79 Å². The number of nitrogens with one attached hydrogen (secondary N) is 2. The Kier molecular flexibility index (Phi) is 5.48. The van der Waals surface area contributed by atoms with Crippen LogP contribution in [0.25, 0.3) is 0 Å². The Morgan fingerprint density at radius 2 is 2.04 bits per heavy atom. The minimum atomic E-state index is -0.459. The van der Waals surface area contributed by atoms with Gasteiger partial charge in [-0.3, -0.25) is 10.1 Å². The second-order valence-electron chi connectivity index (χ2n) is 5.67. The molecule has 1 aliphatic rings. The number of nitro groups is 1. The molecule has 0 saturated heterocycles. The van der Waals surface area contributed by atoms with Crippen molar-refractivity contribution in [1.82, 2.24) is 0 Å². The zero-order chi connectivity index (χ0) is 18.7. The number of rotatable bonds is 5. The Morgan fingerprint density at radius 1 is 1.31 bits per heavy atom. The summed E-state index contributed by atoms with van der Waals surface area (Å²) in [4.78, 5) is 23.8. The number of ether oxygens (including phenoxy) is 1. The van der Waals surface area contributed by atoms with E-state index in [1.807, 2.05) is 0 Å². The standard InChI is InChI=1S/C17H17N3O4S2/c1-2-24-16(21)14-12-4-3-5-13(12)26-15(14)19-17(25)18-10-6-8-11(9-7-10)20(22)23/h6-9H,2-5H2,1H3,(H2,18,19,25). The number of thiocarbonyl (C=S) groups is 1. The minimum absolute atomic E-state index is 0.00806. The Labute approximate surface area is 159 Å². The van der Waals surface area contributed by atoms with E-state index in [0.29, 0.717) is 28.0 Å². The van der Waals surface area contributed by atoms with Crippen LogP contribution in [0, 0.1) is 10.1 Å². The minimum Gasteiger partial charge on any atom is -0.462 e. The lowest BCUT2D eigenvalue weighted by Crippen LogP contribution is -2.20. The quantitative estimate of drug-likeness (QED) is 0.342. The van der Waals surface area contributed by atoms with E-state index in [2.05, 4.69) is 10.6 Å². The van der Waals surface area contributed by atoms with Crippen molar-refractivity contribution in [3.63, 3.8) is 0 Å². The Morgan fingerprint density at radius 3 is 2.69 bits per heavy atom. The van der Waals surface area contributed by atoms with Crippen molar-refractivity contribution in [2.45, 2.75) is 26.2 Å². The van der Waals surface area contributed by atoms with Gasteiger partial charge in [0.15, 0.2) is 5.11 Å². The van der Waals surface area contributed by atoms with Crippen LogP contribution >= 0.6 is 23.6 Å². The summed E-state index contributed by atoms with van der Waals surface area (Å²) < 4.78 is 5.19. The zero-order valence-corrected chi connectivity index (χ0v) is 15.7. The summed E-state index contributed by atoms with van der Waals surface area (Å²) in [6, 6.07) is 5.95. The van der Waals surface area contributed by atoms with Crippen LogP contribution in [0.4, 0.5) is 16.4 Å². The molecule has 136 valence electrons. The fourth-order valence-corrected chi connectivity index (χ4v) is 4.41. The highest BCUT2D eigenvalue weighted by molar-refractivity contribution is 7.80. The fourth-order valence-electron chi connectivity index (χ4n) is 2.84. The number of fused-ring (bicyclic) bond motifs is 1. The van der Waals surface area contributed by atoms with Gasteiger partial charge in [0.05, 0.1) is 17.1 Å². The van der Waals surface area contributed by atoms with E-state index in [4.69, 9.17) is 17.0 Å². The van der Waals surface area contributed by atoms with Crippen molar-refractivity contribution >= 4 is 51.0 Å². The number of benzene rings is 1. The van der Waals surface area contributed by atoms with Crippen molar-refractivity contribution in [2.24, 2.45) is 0 Å². The maximum absolute atomic E-state index is 12.3. The van der Waals surface area contributed by atoms with Gasteiger partial charge in [-0.2, -0.15) is 0 Å². The van der Waals surface area contributed by atoms with E-state index in [1.54, 1.807) is 19.1 Å². The highest BCUT2D eigenvalue weighted by atomic mass is 32.1. The number of anilines is 2. The number of thiophene rings is 1. The topological polar surface area (TPSA) is 93.5 Å². The molecule has 0 fully saturated rings. The van der Waals surface area contributed by atoms with E-state index in [9.17, 15) is 14.9 Å². The van der Waals surface area contributed by atoms with Gasteiger partial charge in [0.2, 0.25) is 0 Å². The average Bonchev–Trinajstić information content (AvgIpc) is 3.15. The lowest BCUT2D eigenvalue weighted by molar-refractivity contribution is -0.384. The predicted octanol–water partition coefficient (Wildman–Crippen LogP) is 4.13. The van der Waals surface area contributed by atoms with Crippen LogP contribution in [-0.2, 0) is 17.6 Å². The van der Waals surface area contributed by atoms with Crippen LogP contribution in [0.2, 0.25) is 0 Å². The van der Waals surface area contributed by atoms with Gasteiger partial charge >= 0.3 is 5.97 Å². The third-order valence-electron chi connectivity index (χ3n) is 3.96. The van der Waals surface area contributed by atoms with Gasteiger partial charge in [0, 0.05) is 22.7 Å². The molecular formula is C17H17N3O4S2. The van der Waals surface area contributed by atoms with E-state index in [0.717, 1.165) is 24.8 Å². The Hall–Kier alpha value is -2.52. The lowest BCUT2D eigenvalue weighted by Gasteiger charge is -2.11. The number of nitro benzene ring substituents is 1. The summed E-state index contributed by atoms with van der Waals surface area (Å²) in [6.45, 7) is 2.09. The second kappa shape index (κ2) is 7.79. The number of hydrogen-bond donors (Lipinski definition) is 2. The van der Waals surface area contributed by atoms with Crippen LogP contribution < -0.4 is 10.6 Å². The molecule has 0 aliphatic heterocycles. The van der Waals surface area contributed by atoms with Gasteiger partial charge in [-0.1, -0.05) is 0 Å². The number of esters is 1. The van der Waals surface area contributed by atoms with Gasteiger partial charge in [-0.15, -0.1) is 11.3 Å². The van der Waals surface area contributed by atoms with Crippen LogP contribution in [0.1, 0.15) is 34.1 Å².